The lowest BCUT2D eigenvalue weighted by molar-refractivity contribution is -0.385. The predicted molar refractivity (Wildman–Crippen MR) is 67.9 cm³/mol. The summed E-state index contributed by atoms with van der Waals surface area (Å²) in [7, 11) is 2.88. The van der Waals surface area contributed by atoms with Crippen molar-refractivity contribution in [1.82, 2.24) is 4.90 Å². The molecule has 0 radical (unpaired) electrons. The quantitative estimate of drug-likeness (QED) is 0.638. The number of ether oxygens (including phenoxy) is 1. The fraction of sp³-hybridized carbons (Fsp3) is 0.417. The molecule has 0 saturated carbocycles. The number of nitro groups is 1. The minimum atomic E-state index is -0.927. The molecular weight excluding hydrogens is 252 g/mol. The van der Waals surface area contributed by atoms with Crippen molar-refractivity contribution in [3.63, 3.8) is 0 Å². The molecule has 0 saturated heterocycles. The molecule has 1 amide bonds. The lowest BCUT2D eigenvalue weighted by Gasteiger charge is -2.19. The first-order valence-electron chi connectivity index (χ1n) is 5.59. The third-order valence-corrected chi connectivity index (χ3v) is 2.77. The van der Waals surface area contributed by atoms with Crippen LogP contribution in [0.2, 0.25) is 0 Å². The molecule has 0 heterocycles. The van der Waals surface area contributed by atoms with Crippen molar-refractivity contribution in [2.75, 3.05) is 20.7 Å². The van der Waals surface area contributed by atoms with E-state index in [1.54, 1.807) is 7.05 Å². The molecule has 104 valence electrons. The van der Waals surface area contributed by atoms with Gasteiger partial charge in [-0.2, -0.15) is 0 Å². The number of benzene rings is 1. The summed E-state index contributed by atoms with van der Waals surface area (Å²) in [6, 6.07) is 4.11. The van der Waals surface area contributed by atoms with E-state index in [1.807, 2.05) is 0 Å². The zero-order valence-electron chi connectivity index (χ0n) is 11.0. The van der Waals surface area contributed by atoms with Gasteiger partial charge in [0.25, 0.3) is 0 Å². The van der Waals surface area contributed by atoms with Crippen molar-refractivity contribution < 1.29 is 19.6 Å². The minimum Gasteiger partial charge on any atom is -0.490 e. The van der Waals surface area contributed by atoms with Gasteiger partial charge in [0.1, 0.15) is 0 Å². The number of nitrogens with zero attached hydrogens (tertiary/aromatic N) is 2. The van der Waals surface area contributed by atoms with E-state index < -0.39 is 11.0 Å². The van der Waals surface area contributed by atoms with E-state index in [-0.39, 0.29) is 23.9 Å². The second kappa shape index (κ2) is 6.14. The van der Waals surface area contributed by atoms with E-state index in [0.717, 1.165) is 0 Å². The van der Waals surface area contributed by atoms with Crippen molar-refractivity contribution >= 4 is 11.6 Å². The van der Waals surface area contributed by atoms with Crippen LogP contribution in [0.5, 0.6) is 5.75 Å². The van der Waals surface area contributed by atoms with Crippen LogP contribution in [0.15, 0.2) is 18.2 Å². The molecular formula is C12H16N2O5. The largest absolute Gasteiger partial charge is 0.490 e. The molecule has 0 unspecified atom stereocenters. The third kappa shape index (κ3) is 3.65. The Morgan fingerprint density at radius 1 is 1.58 bits per heavy atom. The van der Waals surface area contributed by atoms with Gasteiger partial charge in [-0.3, -0.25) is 14.9 Å². The minimum absolute atomic E-state index is 0.0760. The zero-order valence-corrected chi connectivity index (χ0v) is 11.0. The number of aliphatic hydroxyl groups excluding tert-OH is 1. The molecule has 1 atom stereocenters. The monoisotopic (exact) mass is 268 g/mol. The summed E-state index contributed by atoms with van der Waals surface area (Å²) >= 11 is 0. The van der Waals surface area contributed by atoms with Gasteiger partial charge >= 0.3 is 5.69 Å². The second-order valence-corrected chi connectivity index (χ2v) is 4.10. The molecule has 0 bridgehead atoms. The molecule has 0 aliphatic carbocycles. The van der Waals surface area contributed by atoms with Gasteiger partial charge in [0, 0.05) is 20.0 Å². The van der Waals surface area contributed by atoms with Crippen LogP contribution < -0.4 is 4.74 Å². The molecule has 1 aromatic rings. The second-order valence-electron chi connectivity index (χ2n) is 4.10. The summed E-state index contributed by atoms with van der Waals surface area (Å²) in [5, 5.41) is 20.7. The Balaban J connectivity index is 2.96. The smallest absolute Gasteiger partial charge is 0.310 e. The maximum absolute atomic E-state index is 11.1. The molecule has 1 rings (SSSR count). The van der Waals surface area contributed by atoms with E-state index in [9.17, 15) is 20.0 Å². The van der Waals surface area contributed by atoms with E-state index in [2.05, 4.69) is 0 Å². The van der Waals surface area contributed by atoms with Gasteiger partial charge < -0.3 is 14.7 Å². The molecule has 1 aromatic carbocycles. The summed E-state index contributed by atoms with van der Waals surface area (Å²) in [5.74, 6) is -0.0973. The number of likely N-dealkylation sites (N-methyl/N-ethyl adjacent to an activating group) is 1. The molecule has 0 aliphatic rings. The Labute approximate surface area is 110 Å². The highest BCUT2D eigenvalue weighted by Crippen LogP contribution is 2.30. The van der Waals surface area contributed by atoms with Crippen molar-refractivity contribution in [2.24, 2.45) is 0 Å². The lowest BCUT2D eigenvalue weighted by atomic mass is 10.1. The Morgan fingerprint density at radius 2 is 2.21 bits per heavy atom. The summed E-state index contributed by atoms with van der Waals surface area (Å²) in [6.07, 6.45) is -0.927. The van der Waals surface area contributed by atoms with Crippen molar-refractivity contribution in [2.45, 2.75) is 13.0 Å². The number of methoxy groups -OCH3 is 1. The normalized spacial score (nSPS) is 11.8. The number of carbonyl (C=O) groups excluding carboxylic acids is 1. The predicted octanol–water partition coefficient (Wildman–Crippen LogP) is 1.12. The van der Waals surface area contributed by atoms with E-state index >= 15 is 0 Å². The number of hydrogen-bond acceptors (Lipinski definition) is 5. The Bertz CT molecular complexity index is 489. The van der Waals surface area contributed by atoms with Crippen LogP contribution in [0.4, 0.5) is 5.69 Å². The topological polar surface area (TPSA) is 92.9 Å². The highest BCUT2D eigenvalue weighted by Gasteiger charge is 2.19. The van der Waals surface area contributed by atoms with Crippen molar-refractivity contribution in [3.8, 4) is 5.75 Å². The fourth-order valence-electron chi connectivity index (χ4n) is 1.55. The number of nitro benzene ring substituents is 1. The first kappa shape index (κ1) is 14.9. The van der Waals surface area contributed by atoms with Gasteiger partial charge in [0.15, 0.2) is 5.75 Å². The first-order chi connectivity index (χ1) is 8.86. The number of hydrogen-bond donors (Lipinski definition) is 1. The SMILES string of the molecule is COc1cc([C@@H](O)CN(C)C(C)=O)ccc1[N+](=O)[O-]. The highest BCUT2D eigenvalue weighted by atomic mass is 16.6. The number of aliphatic hydroxyl groups is 1. The summed E-state index contributed by atoms with van der Waals surface area (Å²) < 4.78 is 4.92. The Kier molecular flexibility index (Phi) is 4.82. The van der Waals surface area contributed by atoms with Crippen molar-refractivity contribution in [3.05, 3.63) is 33.9 Å². The molecule has 7 nitrogen and oxygen atoms in total. The molecule has 1 N–H and O–H groups in total. The average molecular weight is 268 g/mol. The highest BCUT2D eigenvalue weighted by molar-refractivity contribution is 5.72. The number of carbonyl (C=O) groups is 1. The maximum Gasteiger partial charge on any atom is 0.310 e. The van der Waals surface area contributed by atoms with Gasteiger partial charge in [-0.25, -0.2) is 0 Å². The van der Waals surface area contributed by atoms with Crippen LogP contribution in [-0.4, -0.2) is 41.5 Å². The van der Waals surface area contributed by atoms with Crippen LogP contribution in [0.3, 0.4) is 0 Å². The lowest BCUT2D eigenvalue weighted by Crippen LogP contribution is -2.28. The van der Waals surface area contributed by atoms with Gasteiger partial charge in [0.05, 0.1) is 24.7 Å². The maximum atomic E-state index is 11.1. The van der Waals surface area contributed by atoms with Crippen molar-refractivity contribution in [1.29, 1.82) is 0 Å². The van der Waals surface area contributed by atoms with Crippen LogP contribution in [0.25, 0.3) is 0 Å². The Morgan fingerprint density at radius 3 is 2.68 bits per heavy atom. The van der Waals surface area contributed by atoms with Crippen LogP contribution in [-0.2, 0) is 4.79 Å². The Hall–Kier alpha value is -2.15. The molecule has 0 fully saturated rings. The average Bonchev–Trinajstić information content (AvgIpc) is 2.37. The molecule has 7 heteroatoms. The van der Waals surface area contributed by atoms with E-state index in [1.165, 1.54) is 37.1 Å². The van der Waals surface area contributed by atoms with E-state index in [0.29, 0.717) is 5.56 Å². The summed E-state index contributed by atoms with van der Waals surface area (Å²) in [5.41, 5.74) is 0.286. The van der Waals surface area contributed by atoms with Gasteiger partial charge in [-0.1, -0.05) is 0 Å². The van der Waals surface area contributed by atoms with Gasteiger partial charge in [-0.15, -0.1) is 0 Å². The van der Waals surface area contributed by atoms with Crippen LogP contribution in [0.1, 0.15) is 18.6 Å². The first-order valence-corrected chi connectivity index (χ1v) is 5.59. The summed E-state index contributed by atoms with van der Waals surface area (Å²) in [6.45, 7) is 1.50. The van der Waals surface area contributed by atoms with Crippen LogP contribution >= 0.6 is 0 Å². The molecule has 0 aromatic heterocycles. The van der Waals surface area contributed by atoms with E-state index in [4.69, 9.17) is 4.74 Å². The number of amides is 1. The molecule has 0 spiro atoms. The van der Waals surface area contributed by atoms with Gasteiger partial charge in [-0.05, 0) is 17.7 Å². The third-order valence-electron chi connectivity index (χ3n) is 2.77. The standard InChI is InChI=1S/C12H16N2O5/c1-8(15)13(2)7-11(16)9-4-5-10(14(17)18)12(6-9)19-3/h4-6,11,16H,7H2,1-3H3/t11-/m0/s1. The number of rotatable bonds is 5. The summed E-state index contributed by atoms with van der Waals surface area (Å²) in [4.78, 5) is 22.6. The zero-order chi connectivity index (χ0) is 14.6. The fourth-order valence-corrected chi connectivity index (χ4v) is 1.55. The van der Waals surface area contributed by atoms with Gasteiger partial charge in [0.2, 0.25) is 5.91 Å². The van der Waals surface area contributed by atoms with Crippen LogP contribution in [0, 0.1) is 10.1 Å². The molecule has 19 heavy (non-hydrogen) atoms. The molecule has 0 aliphatic heterocycles.